The zero-order valence-corrected chi connectivity index (χ0v) is 8.25. The van der Waals surface area contributed by atoms with Gasteiger partial charge in [0.1, 0.15) is 0 Å². The predicted molar refractivity (Wildman–Crippen MR) is 48.4 cm³/mol. The van der Waals surface area contributed by atoms with Crippen LogP contribution in [0.4, 0.5) is 8.78 Å². The number of aliphatic carboxylic acids is 1. The molecule has 0 heterocycles. The van der Waals surface area contributed by atoms with Crippen molar-refractivity contribution in [3.8, 4) is 0 Å². The van der Waals surface area contributed by atoms with Crippen molar-refractivity contribution in [2.75, 3.05) is 7.11 Å². The van der Waals surface area contributed by atoms with Crippen molar-refractivity contribution in [1.29, 1.82) is 0 Å². The Bertz CT molecular complexity index is 392. The van der Waals surface area contributed by atoms with Crippen molar-refractivity contribution in [1.82, 2.24) is 0 Å². The normalized spacial score (nSPS) is 14.7. The summed E-state index contributed by atoms with van der Waals surface area (Å²) in [6, 6.07) is 2.86. The lowest BCUT2D eigenvalue weighted by atomic mass is 9.96. The predicted octanol–water partition coefficient (Wildman–Crippen LogP) is 1.91. The van der Waals surface area contributed by atoms with Gasteiger partial charge in [0.05, 0.1) is 0 Å². The van der Waals surface area contributed by atoms with Gasteiger partial charge in [0.25, 0.3) is 0 Å². The minimum Gasteiger partial charge on any atom is -0.479 e. The van der Waals surface area contributed by atoms with Crippen molar-refractivity contribution < 1.29 is 23.4 Å². The smallest absolute Gasteiger partial charge is 0.340 e. The number of benzene rings is 1. The van der Waals surface area contributed by atoms with Gasteiger partial charge in [-0.05, 0) is 24.6 Å². The fourth-order valence-corrected chi connectivity index (χ4v) is 1.12. The molecule has 1 aromatic rings. The van der Waals surface area contributed by atoms with E-state index in [1.807, 2.05) is 0 Å². The summed E-state index contributed by atoms with van der Waals surface area (Å²) < 4.78 is 30.3. The lowest BCUT2D eigenvalue weighted by Gasteiger charge is -2.23. The first-order valence-electron chi connectivity index (χ1n) is 4.16. The molecule has 0 saturated carbocycles. The van der Waals surface area contributed by atoms with Crippen molar-refractivity contribution in [3.05, 3.63) is 35.4 Å². The maximum Gasteiger partial charge on any atom is 0.340 e. The fraction of sp³-hybridized carbons (Fsp3) is 0.300. The van der Waals surface area contributed by atoms with E-state index in [0.29, 0.717) is 0 Å². The second-order valence-corrected chi connectivity index (χ2v) is 3.17. The molecule has 5 heteroatoms. The van der Waals surface area contributed by atoms with Crippen LogP contribution in [0.2, 0.25) is 0 Å². The number of carbonyl (C=O) groups is 1. The zero-order valence-electron chi connectivity index (χ0n) is 8.25. The minimum absolute atomic E-state index is 0.0522. The Hall–Kier alpha value is -1.49. The fourth-order valence-electron chi connectivity index (χ4n) is 1.12. The molecule has 0 aliphatic heterocycles. The van der Waals surface area contributed by atoms with Gasteiger partial charge in [0.15, 0.2) is 17.2 Å². The number of ether oxygens (including phenoxy) is 1. The first-order chi connectivity index (χ1) is 6.91. The van der Waals surface area contributed by atoms with E-state index in [2.05, 4.69) is 0 Å². The maximum atomic E-state index is 12.9. The number of carboxylic acid groups (broad SMARTS) is 1. The van der Waals surface area contributed by atoms with Crippen molar-refractivity contribution in [2.24, 2.45) is 0 Å². The summed E-state index contributed by atoms with van der Waals surface area (Å²) in [6.45, 7) is 1.27. The molecule has 1 N–H and O–H groups in total. The average molecular weight is 216 g/mol. The molecule has 0 aliphatic carbocycles. The van der Waals surface area contributed by atoms with Crippen LogP contribution < -0.4 is 0 Å². The molecule has 1 rings (SSSR count). The molecular weight excluding hydrogens is 206 g/mol. The monoisotopic (exact) mass is 216 g/mol. The maximum absolute atomic E-state index is 12.9. The van der Waals surface area contributed by atoms with Crippen LogP contribution in [0.3, 0.4) is 0 Å². The molecule has 0 spiro atoms. The SMILES string of the molecule is COC(C)(C(=O)O)c1ccc(F)c(F)c1. The van der Waals surface area contributed by atoms with Gasteiger partial charge in [-0.15, -0.1) is 0 Å². The van der Waals surface area contributed by atoms with Crippen LogP contribution in [-0.4, -0.2) is 18.2 Å². The number of carboxylic acids is 1. The third-order valence-electron chi connectivity index (χ3n) is 2.29. The number of hydrogen-bond acceptors (Lipinski definition) is 2. The van der Waals surface area contributed by atoms with E-state index >= 15 is 0 Å². The molecule has 1 aromatic carbocycles. The van der Waals surface area contributed by atoms with Gasteiger partial charge >= 0.3 is 5.97 Å². The molecule has 0 fully saturated rings. The second-order valence-electron chi connectivity index (χ2n) is 3.17. The van der Waals surface area contributed by atoms with Crippen molar-refractivity contribution in [2.45, 2.75) is 12.5 Å². The highest BCUT2D eigenvalue weighted by molar-refractivity contribution is 5.78. The van der Waals surface area contributed by atoms with Gasteiger partial charge in [-0.1, -0.05) is 6.07 Å². The summed E-state index contributed by atoms with van der Waals surface area (Å²) in [7, 11) is 1.19. The lowest BCUT2D eigenvalue weighted by Crippen LogP contribution is -2.34. The van der Waals surface area contributed by atoms with Crippen LogP contribution in [0, 0.1) is 11.6 Å². The van der Waals surface area contributed by atoms with Crippen molar-refractivity contribution >= 4 is 5.97 Å². The Labute approximate surface area is 85.3 Å². The van der Waals surface area contributed by atoms with E-state index in [4.69, 9.17) is 9.84 Å². The summed E-state index contributed by atoms with van der Waals surface area (Å²) in [6.07, 6.45) is 0. The Kier molecular flexibility index (Phi) is 3.04. The zero-order chi connectivity index (χ0) is 11.6. The number of rotatable bonds is 3. The van der Waals surface area contributed by atoms with E-state index in [1.165, 1.54) is 20.1 Å². The first kappa shape index (κ1) is 11.6. The van der Waals surface area contributed by atoms with E-state index < -0.39 is 23.2 Å². The van der Waals surface area contributed by atoms with Gasteiger partial charge in [-0.3, -0.25) is 0 Å². The Morgan fingerprint density at radius 1 is 1.40 bits per heavy atom. The number of hydrogen-bond donors (Lipinski definition) is 1. The first-order valence-corrected chi connectivity index (χ1v) is 4.16. The highest BCUT2D eigenvalue weighted by Crippen LogP contribution is 2.26. The minimum atomic E-state index is -1.67. The summed E-state index contributed by atoms with van der Waals surface area (Å²) >= 11 is 0. The van der Waals surface area contributed by atoms with Crippen LogP contribution in [-0.2, 0) is 15.1 Å². The molecule has 1 unspecified atom stereocenters. The molecule has 15 heavy (non-hydrogen) atoms. The van der Waals surface area contributed by atoms with Crippen LogP contribution >= 0.6 is 0 Å². The van der Waals surface area contributed by atoms with E-state index in [-0.39, 0.29) is 5.56 Å². The number of halogens is 2. The largest absolute Gasteiger partial charge is 0.479 e. The highest BCUT2D eigenvalue weighted by Gasteiger charge is 2.35. The van der Waals surface area contributed by atoms with Gasteiger partial charge in [-0.2, -0.15) is 0 Å². The average Bonchev–Trinajstić information content (AvgIpc) is 2.20. The van der Waals surface area contributed by atoms with E-state index in [9.17, 15) is 13.6 Å². The second kappa shape index (κ2) is 3.94. The van der Waals surface area contributed by atoms with Crippen LogP contribution in [0.15, 0.2) is 18.2 Å². The molecule has 0 amide bonds. The molecule has 0 aromatic heterocycles. The molecule has 0 aliphatic rings. The topological polar surface area (TPSA) is 46.5 Å². The van der Waals surface area contributed by atoms with E-state index in [0.717, 1.165) is 12.1 Å². The number of methoxy groups -OCH3 is 1. The Morgan fingerprint density at radius 3 is 2.40 bits per heavy atom. The lowest BCUT2D eigenvalue weighted by molar-refractivity contribution is -0.161. The van der Waals surface area contributed by atoms with Crippen LogP contribution in [0.25, 0.3) is 0 Å². The third kappa shape index (κ3) is 1.97. The third-order valence-corrected chi connectivity index (χ3v) is 2.29. The molecule has 82 valence electrons. The summed E-state index contributed by atoms with van der Waals surface area (Å²) in [5.74, 6) is -3.39. The van der Waals surface area contributed by atoms with Gasteiger partial charge in [-0.25, -0.2) is 13.6 Å². The van der Waals surface area contributed by atoms with E-state index in [1.54, 1.807) is 0 Å². The van der Waals surface area contributed by atoms with Crippen LogP contribution in [0.5, 0.6) is 0 Å². The highest BCUT2D eigenvalue weighted by atomic mass is 19.2. The van der Waals surface area contributed by atoms with Crippen LogP contribution in [0.1, 0.15) is 12.5 Å². The Balaban J connectivity index is 3.25. The van der Waals surface area contributed by atoms with Crippen molar-refractivity contribution in [3.63, 3.8) is 0 Å². The molecular formula is C10H10F2O3. The van der Waals surface area contributed by atoms with Gasteiger partial charge in [0.2, 0.25) is 0 Å². The molecule has 0 bridgehead atoms. The molecule has 0 saturated heterocycles. The molecule has 0 radical (unpaired) electrons. The van der Waals surface area contributed by atoms with Gasteiger partial charge < -0.3 is 9.84 Å². The molecule has 3 nitrogen and oxygen atoms in total. The summed E-state index contributed by atoms with van der Waals surface area (Å²) in [5.41, 5.74) is -1.62. The summed E-state index contributed by atoms with van der Waals surface area (Å²) in [5, 5.41) is 8.90. The molecule has 1 atom stereocenters. The standard InChI is InChI=1S/C10H10F2O3/c1-10(15-2,9(13)14)6-3-4-7(11)8(12)5-6/h3-5H,1-2H3,(H,13,14). The van der Waals surface area contributed by atoms with Gasteiger partial charge in [0, 0.05) is 7.11 Å². The Morgan fingerprint density at radius 2 is 2.00 bits per heavy atom. The quantitative estimate of drug-likeness (QED) is 0.839. The summed E-state index contributed by atoms with van der Waals surface area (Å²) in [4.78, 5) is 10.9.